The molecule has 116 valence electrons. The van der Waals surface area contributed by atoms with E-state index in [2.05, 4.69) is 5.10 Å². The second-order valence-corrected chi connectivity index (χ2v) is 5.34. The summed E-state index contributed by atoms with van der Waals surface area (Å²) in [7, 11) is 1.63. The van der Waals surface area contributed by atoms with Crippen molar-refractivity contribution in [2.75, 3.05) is 13.2 Å². The maximum atomic E-state index is 11.1. The number of aromatic carboxylic acids is 1. The zero-order valence-corrected chi connectivity index (χ0v) is 12.4. The molecule has 6 heteroatoms. The first-order valence-electron chi connectivity index (χ1n) is 7.19. The lowest BCUT2D eigenvalue weighted by atomic mass is 10.1. The number of hydrogen-bond donors (Lipinski definition) is 1. The van der Waals surface area contributed by atoms with Gasteiger partial charge in [0.15, 0.2) is 0 Å². The molecule has 0 aliphatic carbocycles. The van der Waals surface area contributed by atoms with E-state index >= 15 is 0 Å². The van der Waals surface area contributed by atoms with Crippen molar-refractivity contribution in [2.24, 2.45) is 7.05 Å². The fourth-order valence-corrected chi connectivity index (χ4v) is 2.49. The molecule has 22 heavy (non-hydrogen) atoms. The largest absolute Gasteiger partial charge is 0.477 e. The normalized spacial score (nSPS) is 17.8. The minimum atomic E-state index is -0.984. The van der Waals surface area contributed by atoms with Crippen LogP contribution in [0.25, 0.3) is 11.3 Å². The maximum Gasteiger partial charge on any atom is 0.354 e. The van der Waals surface area contributed by atoms with Gasteiger partial charge in [-0.3, -0.25) is 4.68 Å². The Bertz CT molecular complexity index is 675. The van der Waals surface area contributed by atoms with Crippen LogP contribution in [-0.2, 0) is 23.1 Å². The fourth-order valence-electron chi connectivity index (χ4n) is 2.49. The monoisotopic (exact) mass is 302 g/mol. The summed E-state index contributed by atoms with van der Waals surface area (Å²) < 4.78 is 12.5. The number of carboxylic acids is 1. The SMILES string of the molecule is Cn1nc(-c2cccc(COC3CCOC3)c2)cc1C(=O)O. The lowest BCUT2D eigenvalue weighted by molar-refractivity contribution is 0.0318. The van der Waals surface area contributed by atoms with Gasteiger partial charge in [-0.25, -0.2) is 4.79 Å². The van der Waals surface area contributed by atoms with Crippen LogP contribution in [0.15, 0.2) is 30.3 Å². The van der Waals surface area contributed by atoms with E-state index < -0.39 is 5.97 Å². The lowest BCUT2D eigenvalue weighted by Gasteiger charge is -2.10. The molecule has 6 nitrogen and oxygen atoms in total. The minimum Gasteiger partial charge on any atom is -0.477 e. The van der Waals surface area contributed by atoms with Crippen LogP contribution in [0.2, 0.25) is 0 Å². The van der Waals surface area contributed by atoms with E-state index in [9.17, 15) is 4.79 Å². The molecular weight excluding hydrogens is 284 g/mol. The minimum absolute atomic E-state index is 0.164. The van der Waals surface area contributed by atoms with Gasteiger partial charge in [0, 0.05) is 19.2 Å². The average molecular weight is 302 g/mol. The van der Waals surface area contributed by atoms with Crippen molar-refractivity contribution in [1.29, 1.82) is 0 Å². The summed E-state index contributed by atoms with van der Waals surface area (Å²) in [6, 6.07) is 9.38. The Morgan fingerprint density at radius 1 is 1.50 bits per heavy atom. The molecule has 1 N–H and O–H groups in total. The molecule has 1 aliphatic rings. The van der Waals surface area contributed by atoms with Crippen LogP contribution in [0.4, 0.5) is 0 Å². The second-order valence-electron chi connectivity index (χ2n) is 5.34. The topological polar surface area (TPSA) is 73.6 Å². The predicted octanol–water partition coefficient (Wildman–Crippen LogP) is 2.09. The third kappa shape index (κ3) is 3.18. The highest BCUT2D eigenvalue weighted by Crippen LogP contribution is 2.21. The average Bonchev–Trinajstić information content (AvgIpc) is 3.14. The zero-order valence-electron chi connectivity index (χ0n) is 12.4. The molecule has 3 rings (SSSR count). The van der Waals surface area contributed by atoms with Crippen molar-refractivity contribution in [1.82, 2.24) is 9.78 Å². The first-order valence-corrected chi connectivity index (χ1v) is 7.19. The fraction of sp³-hybridized carbons (Fsp3) is 0.375. The highest BCUT2D eigenvalue weighted by Gasteiger charge is 2.16. The summed E-state index contributed by atoms with van der Waals surface area (Å²) in [5, 5.41) is 13.3. The zero-order chi connectivity index (χ0) is 15.5. The van der Waals surface area contributed by atoms with Crippen molar-refractivity contribution < 1.29 is 19.4 Å². The van der Waals surface area contributed by atoms with Crippen LogP contribution in [0.3, 0.4) is 0 Å². The molecule has 2 aromatic rings. The molecule has 1 fully saturated rings. The van der Waals surface area contributed by atoms with E-state index in [1.807, 2.05) is 24.3 Å². The van der Waals surface area contributed by atoms with Crippen molar-refractivity contribution >= 4 is 5.97 Å². The van der Waals surface area contributed by atoms with E-state index in [1.54, 1.807) is 13.1 Å². The van der Waals surface area contributed by atoms with Gasteiger partial charge in [0.2, 0.25) is 0 Å². The summed E-state index contributed by atoms with van der Waals surface area (Å²) in [4.78, 5) is 11.1. The van der Waals surface area contributed by atoms with Crippen LogP contribution in [0.5, 0.6) is 0 Å². The van der Waals surface area contributed by atoms with E-state index in [0.717, 1.165) is 24.2 Å². The second kappa shape index (κ2) is 6.29. The molecule has 1 aliphatic heterocycles. The van der Waals surface area contributed by atoms with Crippen molar-refractivity contribution in [2.45, 2.75) is 19.1 Å². The Labute approximate surface area is 128 Å². The molecule has 1 aromatic carbocycles. The summed E-state index contributed by atoms with van der Waals surface area (Å²) >= 11 is 0. The van der Waals surface area contributed by atoms with E-state index in [4.69, 9.17) is 14.6 Å². The summed E-state index contributed by atoms with van der Waals surface area (Å²) in [5.74, 6) is -0.984. The summed E-state index contributed by atoms with van der Waals surface area (Å²) in [6.07, 6.45) is 1.10. The molecule has 0 radical (unpaired) electrons. The highest BCUT2D eigenvalue weighted by molar-refractivity contribution is 5.87. The molecule has 0 saturated carbocycles. The molecule has 1 saturated heterocycles. The number of benzene rings is 1. The predicted molar refractivity (Wildman–Crippen MR) is 79.6 cm³/mol. The van der Waals surface area contributed by atoms with Gasteiger partial charge >= 0.3 is 5.97 Å². The number of carboxylic acid groups (broad SMARTS) is 1. The third-order valence-corrected chi connectivity index (χ3v) is 3.70. The standard InChI is InChI=1S/C16H18N2O4/c1-18-15(16(19)20)8-14(17-18)12-4-2-3-11(7-12)9-22-13-5-6-21-10-13/h2-4,7-8,13H,5-6,9-10H2,1H3,(H,19,20). The van der Waals surface area contributed by atoms with Crippen LogP contribution >= 0.6 is 0 Å². The van der Waals surface area contributed by atoms with Crippen LogP contribution in [0, 0.1) is 0 Å². The van der Waals surface area contributed by atoms with Crippen LogP contribution < -0.4 is 0 Å². The van der Waals surface area contributed by atoms with Crippen molar-refractivity contribution in [3.8, 4) is 11.3 Å². The van der Waals surface area contributed by atoms with E-state index in [-0.39, 0.29) is 11.8 Å². The molecular formula is C16H18N2O4. The molecule has 0 amide bonds. The van der Waals surface area contributed by atoms with Crippen molar-refractivity contribution in [3.05, 3.63) is 41.6 Å². The summed E-state index contributed by atoms with van der Waals surface area (Å²) in [5.41, 5.74) is 2.73. The molecule has 1 atom stereocenters. The Morgan fingerprint density at radius 2 is 2.36 bits per heavy atom. The number of rotatable bonds is 5. The lowest BCUT2D eigenvalue weighted by Crippen LogP contribution is -2.11. The molecule has 0 bridgehead atoms. The Kier molecular flexibility index (Phi) is 4.22. The van der Waals surface area contributed by atoms with Gasteiger partial charge in [-0.2, -0.15) is 5.10 Å². The molecule has 2 heterocycles. The van der Waals surface area contributed by atoms with Gasteiger partial charge < -0.3 is 14.6 Å². The number of ether oxygens (including phenoxy) is 2. The summed E-state index contributed by atoms with van der Waals surface area (Å²) in [6.45, 7) is 1.93. The molecule has 1 unspecified atom stereocenters. The molecule has 1 aromatic heterocycles. The highest BCUT2D eigenvalue weighted by atomic mass is 16.5. The number of nitrogens with zero attached hydrogens (tertiary/aromatic N) is 2. The first kappa shape index (κ1) is 14.7. The number of aryl methyl sites for hydroxylation is 1. The maximum absolute atomic E-state index is 11.1. The van der Waals surface area contributed by atoms with Crippen LogP contribution in [0.1, 0.15) is 22.5 Å². The van der Waals surface area contributed by atoms with E-state index in [1.165, 1.54) is 4.68 Å². The smallest absolute Gasteiger partial charge is 0.354 e. The van der Waals surface area contributed by atoms with Gasteiger partial charge in [0.1, 0.15) is 5.69 Å². The Hall–Kier alpha value is -2.18. The molecule has 0 spiro atoms. The third-order valence-electron chi connectivity index (χ3n) is 3.70. The quantitative estimate of drug-likeness (QED) is 0.915. The van der Waals surface area contributed by atoms with Gasteiger partial charge in [-0.05, 0) is 24.1 Å². The van der Waals surface area contributed by atoms with Crippen LogP contribution in [-0.4, -0.2) is 40.2 Å². The number of aromatic nitrogens is 2. The van der Waals surface area contributed by atoms with Gasteiger partial charge in [0.25, 0.3) is 0 Å². The van der Waals surface area contributed by atoms with Crippen molar-refractivity contribution in [3.63, 3.8) is 0 Å². The number of hydrogen-bond acceptors (Lipinski definition) is 4. The van der Waals surface area contributed by atoms with Gasteiger partial charge in [0.05, 0.1) is 25.0 Å². The van der Waals surface area contributed by atoms with Gasteiger partial charge in [-0.1, -0.05) is 18.2 Å². The first-order chi connectivity index (χ1) is 10.6. The Morgan fingerprint density at radius 3 is 3.05 bits per heavy atom. The van der Waals surface area contributed by atoms with E-state index in [0.29, 0.717) is 18.9 Å². The number of carbonyl (C=O) groups is 1. The Balaban J connectivity index is 1.75. The van der Waals surface area contributed by atoms with Gasteiger partial charge in [-0.15, -0.1) is 0 Å².